The van der Waals surface area contributed by atoms with Crippen LogP contribution >= 0.6 is 23.4 Å². The van der Waals surface area contributed by atoms with Gasteiger partial charge in [0.1, 0.15) is 0 Å². The van der Waals surface area contributed by atoms with Gasteiger partial charge >= 0.3 is 17.1 Å². The molecule has 0 atom stereocenters. The maximum absolute atomic E-state index is 12.4. The fraction of sp³-hybridized carbons (Fsp3) is 0.111. The number of aromatic amines is 1. The number of halogens is 1. The molecule has 3 rings (SSSR count). The second-order valence-electron chi connectivity index (χ2n) is 5.45. The minimum Gasteiger partial charge on any atom is -0.258 e. The van der Waals surface area contributed by atoms with Gasteiger partial charge in [-0.25, -0.2) is 23.5 Å². The quantitative estimate of drug-likeness (QED) is 0.724. The Morgan fingerprint density at radius 3 is 2.41 bits per heavy atom. The molecular weight excluding hydrogens is 388 g/mol. The predicted octanol–water partition coefficient (Wildman–Crippen LogP) is 2.38. The number of H-pyrrole nitrogens is 1. The van der Waals surface area contributed by atoms with Crippen molar-refractivity contribution in [1.82, 2.24) is 14.1 Å². The van der Waals surface area contributed by atoms with Crippen LogP contribution in [0.1, 0.15) is 12.5 Å². The molecule has 0 spiro atoms. The molecule has 1 heterocycles. The van der Waals surface area contributed by atoms with Gasteiger partial charge < -0.3 is 0 Å². The number of aromatic nitrogens is 3. The van der Waals surface area contributed by atoms with E-state index in [1.165, 1.54) is 11.8 Å². The van der Waals surface area contributed by atoms with Crippen LogP contribution in [-0.2, 0) is 6.54 Å². The van der Waals surface area contributed by atoms with E-state index in [0.29, 0.717) is 16.3 Å². The maximum Gasteiger partial charge on any atom is 0.340 e. The predicted molar refractivity (Wildman–Crippen MR) is 103 cm³/mol. The normalized spacial score (nSPS) is 10.6. The van der Waals surface area contributed by atoms with Crippen molar-refractivity contribution >= 4 is 23.4 Å². The lowest BCUT2D eigenvalue weighted by Gasteiger charge is -2.09. The summed E-state index contributed by atoms with van der Waals surface area (Å²) in [6.45, 7) is 1.80. The molecule has 0 saturated heterocycles. The van der Waals surface area contributed by atoms with Crippen molar-refractivity contribution < 1.29 is 0 Å². The molecule has 0 aliphatic carbocycles. The molecule has 0 aliphatic rings. The third kappa shape index (κ3) is 3.74. The van der Waals surface area contributed by atoms with Gasteiger partial charge in [0, 0.05) is 16.3 Å². The first-order valence-corrected chi connectivity index (χ1v) is 9.08. The molecule has 136 valence electrons. The van der Waals surface area contributed by atoms with Gasteiger partial charge in [0.05, 0.1) is 22.3 Å². The van der Waals surface area contributed by atoms with Gasteiger partial charge in [0.25, 0.3) is 0 Å². The molecule has 1 aromatic heterocycles. The molecule has 3 aromatic rings. The highest BCUT2D eigenvalue weighted by Crippen LogP contribution is 2.33. The first-order chi connectivity index (χ1) is 12.9. The number of benzene rings is 2. The molecule has 0 fully saturated rings. The monoisotopic (exact) mass is 400 g/mol. The summed E-state index contributed by atoms with van der Waals surface area (Å²) in [5.41, 5.74) is -1.39. The molecule has 2 aromatic carbocycles. The molecule has 27 heavy (non-hydrogen) atoms. The molecule has 7 nitrogen and oxygen atoms in total. The minimum absolute atomic E-state index is 0.152. The van der Waals surface area contributed by atoms with E-state index < -0.39 is 17.1 Å². The molecule has 9 heteroatoms. The number of nitrogens with zero attached hydrogens (tertiary/aromatic N) is 3. The van der Waals surface area contributed by atoms with Crippen molar-refractivity contribution in [3.63, 3.8) is 0 Å². The zero-order valence-corrected chi connectivity index (χ0v) is 15.7. The highest BCUT2D eigenvalue weighted by molar-refractivity contribution is 7.99. The van der Waals surface area contributed by atoms with E-state index in [4.69, 9.17) is 16.9 Å². The van der Waals surface area contributed by atoms with Gasteiger partial charge in [-0.15, -0.1) is 0 Å². The standard InChI is InChI=1S/C18H13ClN4O3S/c1-2-22-16(24)21-17(25)23(18(22)26)12-4-6-13(7-5-12)27-15-8-3-11(10-20)9-14(15)19/h3-9H,2H2,1H3,(H,21,24,25). The van der Waals surface area contributed by atoms with Crippen molar-refractivity contribution in [2.24, 2.45) is 0 Å². The van der Waals surface area contributed by atoms with Gasteiger partial charge in [-0.2, -0.15) is 5.26 Å². The van der Waals surface area contributed by atoms with Crippen LogP contribution in [0.15, 0.2) is 66.6 Å². The van der Waals surface area contributed by atoms with E-state index in [0.717, 1.165) is 18.9 Å². The second-order valence-corrected chi connectivity index (χ2v) is 6.97. The highest BCUT2D eigenvalue weighted by atomic mass is 35.5. The lowest BCUT2D eigenvalue weighted by atomic mass is 10.2. The van der Waals surface area contributed by atoms with E-state index in [-0.39, 0.29) is 6.54 Å². The van der Waals surface area contributed by atoms with Gasteiger partial charge in [-0.3, -0.25) is 4.98 Å². The summed E-state index contributed by atoms with van der Waals surface area (Å²) in [6, 6.07) is 13.7. The molecule has 0 amide bonds. The van der Waals surface area contributed by atoms with Gasteiger partial charge in [0.2, 0.25) is 0 Å². The van der Waals surface area contributed by atoms with Crippen LogP contribution < -0.4 is 17.1 Å². The Morgan fingerprint density at radius 1 is 1.11 bits per heavy atom. The largest absolute Gasteiger partial charge is 0.340 e. The number of hydrogen-bond acceptors (Lipinski definition) is 5. The van der Waals surface area contributed by atoms with E-state index in [1.807, 2.05) is 6.07 Å². The average molecular weight is 401 g/mol. The average Bonchev–Trinajstić information content (AvgIpc) is 2.64. The Balaban J connectivity index is 1.96. The van der Waals surface area contributed by atoms with Crippen molar-refractivity contribution in [1.29, 1.82) is 5.26 Å². The Morgan fingerprint density at radius 2 is 1.81 bits per heavy atom. The molecule has 0 radical (unpaired) electrons. The summed E-state index contributed by atoms with van der Waals surface area (Å²) >= 11 is 7.57. The van der Waals surface area contributed by atoms with Crippen molar-refractivity contribution in [3.05, 3.63) is 84.5 Å². The van der Waals surface area contributed by atoms with Gasteiger partial charge in [-0.1, -0.05) is 23.4 Å². The summed E-state index contributed by atoms with van der Waals surface area (Å²) in [5, 5.41) is 9.35. The third-order valence-corrected chi connectivity index (χ3v) is 5.29. The maximum atomic E-state index is 12.4. The lowest BCUT2D eigenvalue weighted by molar-refractivity contribution is 0.599. The third-order valence-electron chi connectivity index (χ3n) is 3.78. The molecule has 0 unspecified atom stereocenters. The van der Waals surface area contributed by atoms with Crippen LogP contribution in [0.5, 0.6) is 0 Å². The summed E-state index contributed by atoms with van der Waals surface area (Å²) in [6.07, 6.45) is 0. The zero-order valence-electron chi connectivity index (χ0n) is 14.1. The topological polar surface area (TPSA) is 101 Å². The van der Waals surface area contributed by atoms with Crippen LogP contribution in [0.3, 0.4) is 0 Å². The van der Waals surface area contributed by atoms with Crippen LogP contribution in [-0.4, -0.2) is 14.1 Å². The highest BCUT2D eigenvalue weighted by Gasteiger charge is 2.11. The zero-order chi connectivity index (χ0) is 19.6. The lowest BCUT2D eigenvalue weighted by Crippen LogP contribution is -2.48. The van der Waals surface area contributed by atoms with Crippen LogP contribution in [0.2, 0.25) is 5.02 Å². The van der Waals surface area contributed by atoms with Crippen LogP contribution in [0, 0.1) is 11.3 Å². The number of rotatable bonds is 4. The second kappa shape index (κ2) is 7.70. The van der Waals surface area contributed by atoms with E-state index in [2.05, 4.69) is 4.98 Å². The summed E-state index contributed by atoms with van der Waals surface area (Å²) in [5.74, 6) is 0. The molecule has 0 bridgehead atoms. The Labute approximate surface area is 162 Å². The molecule has 0 saturated carbocycles. The first-order valence-electron chi connectivity index (χ1n) is 7.88. The smallest absolute Gasteiger partial charge is 0.258 e. The van der Waals surface area contributed by atoms with E-state index in [1.54, 1.807) is 49.4 Å². The van der Waals surface area contributed by atoms with Gasteiger partial charge in [0.15, 0.2) is 0 Å². The van der Waals surface area contributed by atoms with Crippen molar-refractivity contribution in [2.75, 3.05) is 0 Å². The van der Waals surface area contributed by atoms with Crippen molar-refractivity contribution in [3.8, 4) is 11.8 Å². The van der Waals surface area contributed by atoms with Crippen LogP contribution in [0.25, 0.3) is 5.69 Å². The SMILES string of the molecule is CCn1c(=O)[nH]c(=O)n(-c2ccc(Sc3ccc(C#N)cc3Cl)cc2)c1=O. The van der Waals surface area contributed by atoms with Gasteiger partial charge in [-0.05, 0) is 49.4 Å². The number of nitrogens with one attached hydrogen (secondary N) is 1. The fourth-order valence-electron chi connectivity index (χ4n) is 2.46. The number of nitriles is 1. The minimum atomic E-state index is -0.787. The first kappa shape index (κ1) is 18.8. The number of hydrogen-bond donors (Lipinski definition) is 1. The summed E-state index contributed by atoms with van der Waals surface area (Å²) in [7, 11) is 0. The summed E-state index contributed by atoms with van der Waals surface area (Å²) in [4.78, 5) is 39.8. The Bertz CT molecular complexity index is 1220. The molecule has 1 N–H and O–H groups in total. The van der Waals surface area contributed by atoms with E-state index in [9.17, 15) is 14.4 Å². The summed E-state index contributed by atoms with van der Waals surface area (Å²) < 4.78 is 1.86. The fourth-order valence-corrected chi connectivity index (χ4v) is 3.57. The molecule has 0 aliphatic heterocycles. The van der Waals surface area contributed by atoms with E-state index >= 15 is 0 Å². The van der Waals surface area contributed by atoms with Crippen molar-refractivity contribution in [2.45, 2.75) is 23.3 Å². The molecular formula is C18H13ClN4O3S. The van der Waals surface area contributed by atoms with Crippen LogP contribution in [0.4, 0.5) is 0 Å². The Kier molecular flexibility index (Phi) is 5.35. The Hall–Kier alpha value is -3.02.